The van der Waals surface area contributed by atoms with Gasteiger partial charge in [-0.25, -0.2) is 9.78 Å². The van der Waals surface area contributed by atoms with E-state index in [0.29, 0.717) is 17.4 Å². The molecule has 1 N–H and O–H groups in total. The molecule has 0 aliphatic heterocycles. The lowest BCUT2D eigenvalue weighted by atomic mass is 10.1. The van der Waals surface area contributed by atoms with Crippen LogP contribution in [0.3, 0.4) is 0 Å². The van der Waals surface area contributed by atoms with E-state index in [1.165, 1.54) is 11.3 Å². The molecule has 0 amide bonds. The molecule has 0 atom stereocenters. The van der Waals surface area contributed by atoms with Crippen molar-refractivity contribution in [1.82, 2.24) is 4.98 Å². The summed E-state index contributed by atoms with van der Waals surface area (Å²) in [6.07, 6.45) is 5.34. The van der Waals surface area contributed by atoms with Crippen molar-refractivity contribution < 1.29 is 9.53 Å². The zero-order valence-corrected chi connectivity index (χ0v) is 10.4. The molecule has 0 saturated heterocycles. The third-order valence-electron chi connectivity index (χ3n) is 1.77. The third kappa shape index (κ3) is 3.24. The number of anilines is 1. The summed E-state index contributed by atoms with van der Waals surface area (Å²) in [5.74, 6) is 2.18. The molecule has 0 unspecified atom stereocenters. The molecule has 5 heteroatoms. The van der Waals surface area contributed by atoms with Gasteiger partial charge >= 0.3 is 5.97 Å². The molecule has 1 aromatic rings. The minimum atomic E-state index is -0.482. The number of hydrogen-bond donors (Lipinski definition) is 1. The zero-order valence-electron chi connectivity index (χ0n) is 9.53. The van der Waals surface area contributed by atoms with Crippen LogP contribution >= 0.6 is 11.3 Å². The number of carbonyl (C=O) groups excluding carboxylic acids is 1. The van der Waals surface area contributed by atoms with Crippen LogP contribution in [-0.2, 0) is 4.74 Å². The van der Waals surface area contributed by atoms with Crippen LogP contribution in [0.4, 0.5) is 5.13 Å². The van der Waals surface area contributed by atoms with Crippen LogP contribution in [0.1, 0.15) is 31.3 Å². The van der Waals surface area contributed by atoms with Gasteiger partial charge in [0, 0.05) is 5.38 Å². The first-order chi connectivity index (χ1) is 7.48. The predicted octanol–water partition coefficient (Wildman–Crippen LogP) is 2.14. The van der Waals surface area contributed by atoms with Gasteiger partial charge in [-0.1, -0.05) is 5.92 Å². The summed E-state index contributed by atoms with van der Waals surface area (Å²) in [5, 5.41) is 5.31. The quantitative estimate of drug-likeness (QED) is 0.645. The molecule has 0 fully saturated rings. The monoisotopic (exact) mass is 238 g/mol. The molecule has 1 aromatic heterocycles. The van der Waals surface area contributed by atoms with Gasteiger partial charge in [0.1, 0.15) is 0 Å². The van der Waals surface area contributed by atoms with Crippen molar-refractivity contribution in [2.75, 3.05) is 11.9 Å². The van der Waals surface area contributed by atoms with Gasteiger partial charge in [0.2, 0.25) is 0 Å². The van der Waals surface area contributed by atoms with E-state index in [-0.39, 0.29) is 0 Å². The van der Waals surface area contributed by atoms with Crippen LogP contribution in [0, 0.1) is 12.3 Å². The molecule has 4 nitrogen and oxygen atoms in total. The maximum atomic E-state index is 11.3. The first-order valence-corrected chi connectivity index (χ1v) is 5.75. The van der Waals surface area contributed by atoms with Crippen LogP contribution in [0.5, 0.6) is 0 Å². The molecule has 0 saturated carbocycles. The standard InChI is InChI=1S/C11H14N2O2S/c1-5-11(3,4)13-10-12-8(7-16-10)9(14)15-6-2/h1,7H,6H2,2-4H3,(H,12,13). The molecular weight excluding hydrogens is 224 g/mol. The topological polar surface area (TPSA) is 51.2 Å². The molecule has 1 heterocycles. The van der Waals surface area contributed by atoms with Gasteiger partial charge in [-0.05, 0) is 20.8 Å². The van der Waals surface area contributed by atoms with E-state index in [1.807, 2.05) is 13.8 Å². The Labute approximate surface area is 99.0 Å². The average molecular weight is 238 g/mol. The smallest absolute Gasteiger partial charge is 0.357 e. The molecular formula is C11H14N2O2S. The third-order valence-corrected chi connectivity index (χ3v) is 2.53. The Morgan fingerprint density at radius 3 is 3.00 bits per heavy atom. The van der Waals surface area contributed by atoms with E-state index >= 15 is 0 Å². The van der Waals surface area contributed by atoms with Crippen molar-refractivity contribution in [3.05, 3.63) is 11.1 Å². The van der Waals surface area contributed by atoms with Gasteiger partial charge in [-0.15, -0.1) is 17.8 Å². The zero-order chi connectivity index (χ0) is 12.2. The fraction of sp³-hybridized carbons (Fsp3) is 0.455. The molecule has 86 valence electrons. The van der Waals surface area contributed by atoms with E-state index in [4.69, 9.17) is 11.2 Å². The summed E-state index contributed by atoms with van der Waals surface area (Å²) in [6.45, 7) is 5.82. The number of thiazole rings is 1. The fourth-order valence-electron chi connectivity index (χ4n) is 0.933. The molecule has 0 radical (unpaired) electrons. The fourth-order valence-corrected chi connectivity index (χ4v) is 1.77. The highest BCUT2D eigenvalue weighted by Gasteiger charge is 2.17. The average Bonchev–Trinajstić information content (AvgIpc) is 2.66. The second-order valence-corrected chi connectivity index (χ2v) is 4.51. The predicted molar refractivity (Wildman–Crippen MR) is 64.6 cm³/mol. The van der Waals surface area contributed by atoms with Crippen molar-refractivity contribution in [2.24, 2.45) is 0 Å². The van der Waals surface area contributed by atoms with E-state index in [1.54, 1.807) is 12.3 Å². The highest BCUT2D eigenvalue weighted by atomic mass is 32.1. The van der Waals surface area contributed by atoms with E-state index in [2.05, 4.69) is 16.2 Å². The number of terminal acetylenes is 1. The van der Waals surface area contributed by atoms with Crippen LogP contribution < -0.4 is 5.32 Å². The lowest BCUT2D eigenvalue weighted by Gasteiger charge is -2.18. The molecule has 0 aliphatic carbocycles. The molecule has 0 aromatic carbocycles. The van der Waals surface area contributed by atoms with Crippen molar-refractivity contribution in [3.63, 3.8) is 0 Å². The number of aromatic nitrogens is 1. The first kappa shape index (κ1) is 12.5. The summed E-state index contributed by atoms with van der Waals surface area (Å²) in [6, 6.07) is 0. The number of esters is 1. The Morgan fingerprint density at radius 2 is 2.44 bits per heavy atom. The molecule has 0 aliphatic rings. The number of nitrogens with one attached hydrogen (secondary N) is 1. The highest BCUT2D eigenvalue weighted by molar-refractivity contribution is 7.13. The summed E-state index contributed by atoms with van der Waals surface area (Å²) in [7, 11) is 0. The lowest BCUT2D eigenvalue weighted by Crippen LogP contribution is -2.28. The SMILES string of the molecule is C#CC(C)(C)Nc1nc(C(=O)OCC)cs1. The van der Waals surface area contributed by atoms with E-state index in [9.17, 15) is 4.79 Å². The van der Waals surface area contributed by atoms with Crippen LogP contribution in [0.2, 0.25) is 0 Å². The lowest BCUT2D eigenvalue weighted by molar-refractivity contribution is 0.0520. The molecule has 0 bridgehead atoms. The second kappa shape index (κ2) is 4.99. The second-order valence-electron chi connectivity index (χ2n) is 3.65. The van der Waals surface area contributed by atoms with Gasteiger partial charge in [0.25, 0.3) is 0 Å². The Hall–Kier alpha value is -1.54. The Morgan fingerprint density at radius 1 is 1.75 bits per heavy atom. The number of carbonyl (C=O) groups is 1. The Bertz CT molecular complexity index is 418. The van der Waals surface area contributed by atoms with E-state index in [0.717, 1.165) is 0 Å². The largest absolute Gasteiger partial charge is 0.461 e. The Kier molecular flexibility index (Phi) is 3.91. The Balaban J connectivity index is 2.73. The van der Waals surface area contributed by atoms with Crippen LogP contribution in [0.25, 0.3) is 0 Å². The summed E-state index contributed by atoms with van der Waals surface area (Å²) >= 11 is 1.33. The number of rotatable bonds is 4. The van der Waals surface area contributed by atoms with Gasteiger partial charge < -0.3 is 10.1 Å². The molecule has 16 heavy (non-hydrogen) atoms. The number of ether oxygens (including phenoxy) is 1. The van der Waals surface area contributed by atoms with Crippen molar-refractivity contribution in [2.45, 2.75) is 26.3 Å². The van der Waals surface area contributed by atoms with E-state index < -0.39 is 11.5 Å². The van der Waals surface area contributed by atoms with Crippen LogP contribution in [0.15, 0.2) is 5.38 Å². The maximum Gasteiger partial charge on any atom is 0.357 e. The minimum absolute atomic E-state index is 0.308. The van der Waals surface area contributed by atoms with Crippen molar-refractivity contribution in [3.8, 4) is 12.3 Å². The molecule has 1 rings (SSSR count). The first-order valence-electron chi connectivity index (χ1n) is 4.87. The summed E-state index contributed by atoms with van der Waals surface area (Å²) < 4.78 is 4.83. The number of nitrogens with zero attached hydrogens (tertiary/aromatic N) is 1. The van der Waals surface area contributed by atoms with Crippen molar-refractivity contribution >= 4 is 22.4 Å². The normalized spacial score (nSPS) is 10.6. The summed E-state index contributed by atoms with van der Waals surface area (Å²) in [4.78, 5) is 15.4. The van der Waals surface area contributed by atoms with Gasteiger partial charge in [-0.2, -0.15) is 0 Å². The summed E-state index contributed by atoms with van der Waals surface area (Å²) in [5.41, 5.74) is -0.175. The van der Waals surface area contributed by atoms with Crippen LogP contribution in [-0.4, -0.2) is 23.1 Å². The molecule has 0 spiro atoms. The minimum Gasteiger partial charge on any atom is -0.461 e. The number of hydrogen-bond acceptors (Lipinski definition) is 5. The van der Waals surface area contributed by atoms with Gasteiger partial charge in [0.05, 0.1) is 12.1 Å². The maximum absolute atomic E-state index is 11.3. The highest BCUT2D eigenvalue weighted by Crippen LogP contribution is 2.20. The van der Waals surface area contributed by atoms with Crippen molar-refractivity contribution in [1.29, 1.82) is 0 Å². The van der Waals surface area contributed by atoms with Gasteiger partial charge in [-0.3, -0.25) is 0 Å². The van der Waals surface area contributed by atoms with Gasteiger partial charge in [0.15, 0.2) is 10.8 Å².